The van der Waals surface area contributed by atoms with Crippen molar-refractivity contribution >= 4 is 18.0 Å². The number of hydrogen-bond acceptors (Lipinski definition) is 7. The first kappa shape index (κ1) is 53.2. The number of rotatable bonds is 36. The minimum atomic E-state index is -0.575. The highest BCUT2D eigenvalue weighted by Crippen LogP contribution is 2.10. The normalized spacial score (nSPS) is 11.5. The molecule has 314 valence electrons. The van der Waals surface area contributed by atoms with Gasteiger partial charge in [-0.15, -0.1) is 0 Å². The molecule has 0 saturated carbocycles. The molecule has 0 aliphatic heterocycles. The lowest BCUT2D eigenvalue weighted by atomic mass is 10.1. The van der Waals surface area contributed by atoms with Gasteiger partial charge in [-0.2, -0.15) is 0 Å². The molecular formula is C46H84N2O6. The van der Waals surface area contributed by atoms with E-state index in [9.17, 15) is 14.4 Å². The summed E-state index contributed by atoms with van der Waals surface area (Å²) in [7, 11) is 3.93. The Morgan fingerprint density at radius 2 is 0.870 bits per heavy atom. The van der Waals surface area contributed by atoms with Crippen molar-refractivity contribution in [1.82, 2.24) is 10.2 Å². The van der Waals surface area contributed by atoms with Crippen LogP contribution in [0.1, 0.15) is 181 Å². The summed E-state index contributed by atoms with van der Waals surface area (Å²) in [5.74, 6) is -0.583. The number of esters is 2. The van der Waals surface area contributed by atoms with E-state index in [4.69, 9.17) is 14.2 Å². The van der Waals surface area contributed by atoms with Gasteiger partial charge >= 0.3 is 18.0 Å². The fourth-order valence-corrected chi connectivity index (χ4v) is 5.37. The number of amides is 1. The average molecular weight is 761 g/mol. The molecule has 0 bridgehead atoms. The Morgan fingerprint density at radius 1 is 0.481 bits per heavy atom. The molecule has 0 radical (unpaired) electrons. The SMILES string of the molecule is CCCCC/C=C\C/C=C\CCCCCCCCOC(=O)CNC(=O)OCCCN(C)C.CCCCC/C=C\C/C=C\CCCCCCCCOC(C)=O. The number of nitrogens with zero attached hydrogens (tertiary/aromatic N) is 1. The first-order valence-electron chi connectivity index (χ1n) is 21.8. The van der Waals surface area contributed by atoms with Gasteiger partial charge in [-0.25, -0.2) is 4.79 Å². The number of nitrogens with one attached hydrogen (secondary N) is 1. The van der Waals surface area contributed by atoms with Crippen molar-refractivity contribution in [1.29, 1.82) is 0 Å². The average Bonchev–Trinajstić information content (AvgIpc) is 3.15. The lowest BCUT2D eigenvalue weighted by Gasteiger charge is -2.10. The largest absolute Gasteiger partial charge is 0.466 e. The molecule has 0 heterocycles. The van der Waals surface area contributed by atoms with Gasteiger partial charge < -0.3 is 24.4 Å². The zero-order valence-corrected chi connectivity index (χ0v) is 35.7. The highest BCUT2D eigenvalue weighted by Gasteiger charge is 2.07. The molecule has 0 atom stereocenters. The monoisotopic (exact) mass is 761 g/mol. The van der Waals surface area contributed by atoms with Crippen LogP contribution in [0.15, 0.2) is 48.6 Å². The summed E-state index contributed by atoms with van der Waals surface area (Å²) in [5.41, 5.74) is 0. The smallest absolute Gasteiger partial charge is 0.407 e. The molecule has 0 aliphatic carbocycles. The Kier molecular flexibility index (Phi) is 45.6. The molecule has 0 aromatic heterocycles. The molecule has 8 heteroatoms. The third-order valence-electron chi connectivity index (χ3n) is 8.62. The second-order valence-electron chi connectivity index (χ2n) is 14.4. The number of carbonyl (C=O) groups excluding carboxylic acids is 3. The molecule has 0 saturated heterocycles. The van der Waals surface area contributed by atoms with Crippen LogP contribution in [-0.4, -0.2) is 69.9 Å². The Balaban J connectivity index is 0. The summed E-state index contributed by atoms with van der Waals surface area (Å²) >= 11 is 0. The molecule has 1 N–H and O–H groups in total. The van der Waals surface area contributed by atoms with Crippen LogP contribution in [0.5, 0.6) is 0 Å². The van der Waals surface area contributed by atoms with Crippen LogP contribution in [0.4, 0.5) is 4.79 Å². The molecule has 0 rings (SSSR count). The van der Waals surface area contributed by atoms with Gasteiger partial charge in [-0.1, -0.05) is 140 Å². The van der Waals surface area contributed by atoms with Gasteiger partial charge in [0.05, 0.1) is 19.8 Å². The minimum absolute atomic E-state index is 0.144. The van der Waals surface area contributed by atoms with Gasteiger partial charge in [0.25, 0.3) is 0 Å². The van der Waals surface area contributed by atoms with Gasteiger partial charge in [0.1, 0.15) is 6.54 Å². The molecule has 8 nitrogen and oxygen atoms in total. The number of carbonyl (C=O) groups is 3. The van der Waals surface area contributed by atoms with Crippen LogP contribution in [0.3, 0.4) is 0 Å². The fourth-order valence-electron chi connectivity index (χ4n) is 5.37. The van der Waals surface area contributed by atoms with E-state index in [2.05, 4.69) is 67.8 Å². The van der Waals surface area contributed by atoms with Crippen molar-refractivity contribution in [3.05, 3.63) is 48.6 Å². The predicted molar refractivity (Wildman–Crippen MR) is 229 cm³/mol. The summed E-state index contributed by atoms with van der Waals surface area (Å²) in [4.78, 5) is 35.7. The maximum absolute atomic E-state index is 11.6. The molecule has 0 unspecified atom stereocenters. The standard InChI is InChI=1S/C26H48N2O4.C20H36O2/c1-4-5-6-7-8-9-10-11-12-13-14-15-16-17-18-19-22-31-25(29)24-27-26(30)32-23-20-21-28(2)3;1-3-4-5-6-7-8-9-10-11-12-13-14-15-16-17-18-19-22-20(2)21/h8-9,11-12H,4-7,10,13-24H2,1-3H3,(H,27,30);7-8,10-11H,3-6,9,12-19H2,1-2H3/b9-8-,12-11-;8-7-,11-10-. The summed E-state index contributed by atoms with van der Waals surface area (Å²) in [6.07, 6.45) is 47.5. The van der Waals surface area contributed by atoms with Crippen molar-refractivity contribution in [2.75, 3.05) is 47.0 Å². The molecule has 0 spiro atoms. The lowest BCUT2D eigenvalue weighted by molar-refractivity contribution is -0.143. The summed E-state index contributed by atoms with van der Waals surface area (Å²) in [5, 5.41) is 2.42. The molecule has 0 fully saturated rings. The minimum Gasteiger partial charge on any atom is -0.466 e. The van der Waals surface area contributed by atoms with Gasteiger partial charge in [0, 0.05) is 13.5 Å². The lowest BCUT2D eigenvalue weighted by Crippen LogP contribution is -2.31. The molecular weight excluding hydrogens is 677 g/mol. The topological polar surface area (TPSA) is 94.2 Å². The molecule has 0 aromatic rings. The van der Waals surface area contributed by atoms with E-state index in [1.807, 2.05) is 19.0 Å². The Hall–Kier alpha value is -2.87. The van der Waals surface area contributed by atoms with E-state index in [0.29, 0.717) is 19.8 Å². The quantitative estimate of drug-likeness (QED) is 0.0294. The maximum Gasteiger partial charge on any atom is 0.407 e. The first-order valence-corrected chi connectivity index (χ1v) is 21.8. The molecule has 54 heavy (non-hydrogen) atoms. The van der Waals surface area contributed by atoms with Crippen LogP contribution in [0.25, 0.3) is 0 Å². The maximum atomic E-state index is 11.6. The Morgan fingerprint density at radius 3 is 1.30 bits per heavy atom. The van der Waals surface area contributed by atoms with Crippen LogP contribution in [-0.2, 0) is 23.8 Å². The second kappa shape index (κ2) is 46.3. The number of allylic oxidation sites excluding steroid dienone is 8. The molecule has 0 aliphatic rings. The third kappa shape index (κ3) is 51.2. The summed E-state index contributed by atoms with van der Waals surface area (Å²) in [6.45, 7) is 7.99. The third-order valence-corrected chi connectivity index (χ3v) is 8.62. The van der Waals surface area contributed by atoms with E-state index < -0.39 is 12.1 Å². The van der Waals surface area contributed by atoms with Crippen LogP contribution in [0.2, 0.25) is 0 Å². The van der Waals surface area contributed by atoms with Gasteiger partial charge in [-0.05, 0) is 97.6 Å². The highest BCUT2D eigenvalue weighted by molar-refractivity contribution is 5.77. The number of unbranched alkanes of at least 4 members (excludes halogenated alkanes) is 18. The zero-order chi connectivity index (χ0) is 40.0. The van der Waals surface area contributed by atoms with Gasteiger partial charge in [-0.3, -0.25) is 9.59 Å². The van der Waals surface area contributed by atoms with Crippen molar-refractivity contribution in [3.63, 3.8) is 0 Å². The second-order valence-corrected chi connectivity index (χ2v) is 14.4. The Bertz CT molecular complexity index is 943. The van der Waals surface area contributed by atoms with Crippen molar-refractivity contribution in [3.8, 4) is 0 Å². The Labute approximate surface area is 333 Å². The van der Waals surface area contributed by atoms with Crippen LogP contribution < -0.4 is 5.32 Å². The fraction of sp³-hybridized carbons (Fsp3) is 0.761. The van der Waals surface area contributed by atoms with E-state index in [0.717, 1.165) is 51.5 Å². The zero-order valence-electron chi connectivity index (χ0n) is 35.7. The van der Waals surface area contributed by atoms with Gasteiger partial charge in [0.2, 0.25) is 0 Å². The van der Waals surface area contributed by atoms with E-state index >= 15 is 0 Å². The van der Waals surface area contributed by atoms with E-state index in [1.165, 1.54) is 122 Å². The summed E-state index contributed by atoms with van der Waals surface area (Å²) in [6, 6.07) is 0. The number of ether oxygens (including phenoxy) is 3. The first-order chi connectivity index (χ1) is 26.3. The summed E-state index contributed by atoms with van der Waals surface area (Å²) < 4.78 is 15.0. The van der Waals surface area contributed by atoms with Gasteiger partial charge in [0.15, 0.2) is 0 Å². The van der Waals surface area contributed by atoms with E-state index in [-0.39, 0.29) is 12.5 Å². The van der Waals surface area contributed by atoms with Crippen LogP contribution >= 0.6 is 0 Å². The number of alkyl carbamates (subject to hydrolysis) is 1. The van der Waals surface area contributed by atoms with Crippen molar-refractivity contribution in [2.24, 2.45) is 0 Å². The predicted octanol–water partition coefficient (Wildman–Crippen LogP) is 12.4. The van der Waals surface area contributed by atoms with Crippen molar-refractivity contribution in [2.45, 2.75) is 181 Å². The molecule has 0 aromatic carbocycles. The van der Waals surface area contributed by atoms with Crippen molar-refractivity contribution < 1.29 is 28.6 Å². The number of hydrogen-bond donors (Lipinski definition) is 1. The van der Waals surface area contributed by atoms with Crippen LogP contribution in [0, 0.1) is 0 Å². The highest BCUT2D eigenvalue weighted by atomic mass is 16.6. The van der Waals surface area contributed by atoms with E-state index in [1.54, 1.807) is 0 Å². The molecule has 1 amide bonds.